The SMILES string of the molecule is FC(F)(F)Oc1ccc2c3c([nH]c2c1)C(NCc1ccc(Br)cc1)CCC3. The number of halogens is 4. The molecular formula is C20H18BrF3N2O. The molecule has 0 amide bonds. The lowest BCUT2D eigenvalue weighted by Gasteiger charge is -2.24. The van der Waals surface area contributed by atoms with E-state index in [-0.39, 0.29) is 11.8 Å². The smallest absolute Gasteiger partial charge is 0.406 e. The first-order valence-electron chi connectivity index (χ1n) is 8.77. The van der Waals surface area contributed by atoms with Crippen LogP contribution in [-0.4, -0.2) is 11.3 Å². The number of aromatic nitrogens is 1. The minimum absolute atomic E-state index is 0.150. The lowest BCUT2D eigenvalue weighted by atomic mass is 9.91. The number of ether oxygens (including phenoxy) is 1. The molecule has 27 heavy (non-hydrogen) atoms. The first-order chi connectivity index (χ1) is 12.9. The van der Waals surface area contributed by atoms with Gasteiger partial charge in [-0.1, -0.05) is 28.1 Å². The molecule has 0 bridgehead atoms. The minimum Gasteiger partial charge on any atom is -0.406 e. The van der Waals surface area contributed by atoms with Gasteiger partial charge in [-0.15, -0.1) is 13.2 Å². The Morgan fingerprint density at radius 3 is 2.67 bits per heavy atom. The average molecular weight is 439 g/mol. The van der Waals surface area contributed by atoms with Crippen molar-refractivity contribution < 1.29 is 17.9 Å². The van der Waals surface area contributed by atoms with Crippen molar-refractivity contribution in [1.82, 2.24) is 10.3 Å². The first-order valence-corrected chi connectivity index (χ1v) is 9.56. The maximum atomic E-state index is 12.5. The second-order valence-corrected chi connectivity index (χ2v) is 7.64. The second-order valence-electron chi connectivity index (χ2n) is 6.72. The summed E-state index contributed by atoms with van der Waals surface area (Å²) in [6.07, 6.45) is -1.74. The van der Waals surface area contributed by atoms with Gasteiger partial charge in [0.15, 0.2) is 0 Å². The van der Waals surface area contributed by atoms with Crippen molar-refractivity contribution in [3.05, 3.63) is 63.8 Å². The van der Waals surface area contributed by atoms with Crippen molar-refractivity contribution in [2.45, 2.75) is 38.2 Å². The number of H-pyrrole nitrogens is 1. The Balaban J connectivity index is 1.57. The van der Waals surface area contributed by atoms with Crippen LogP contribution in [0.25, 0.3) is 10.9 Å². The number of aryl methyl sites for hydroxylation is 1. The molecular weight excluding hydrogens is 421 g/mol. The van der Waals surface area contributed by atoms with E-state index in [9.17, 15) is 13.2 Å². The molecule has 1 unspecified atom stereocenters. The van der Waals surface area contributed by atoms with E-state index < -0.39 is 6.36 Å². The highest BCUT2D eigenvalue weighted by Crippen LogP contribution is 2.36. The molecule has 142 valence electrons. The number of hydrogen-bond acceptors (Lipinski definition) is 2. The maximum Gasteiger partial charge on any atom is 0.573 e. The van der Waals surface area contributed by atoms with Crippen LogP contribution >= 0.6 is 15.9 Å². The number of alkyl halides is 3. The highest BCUT2D eigenvalue weighted by Gasteiger charge is 2.31. The normalized spacial score (nSPS) is 17.1. The molecule has 1 aliphatic carbocycles. The van der Waals surface area contributed by atoms with E-state index >= 15 is 0 Å². The zero-order valence-electron chi connectivity index (χ0n) is 14.4. The predicted molar refractivity (Wildman–Crippen MR) is 102 cm³/mol. The Kier molecular flexibility index (Phi) is 4.90. The molecule has 0 radical (unpaired) electrons. The Morgan fingerprint density at radius 2 is 1.93 bits per heavy atom. The Labute approximate surface area is 163 Å². The lowest BCUT2D eigenvalue weighted by molar-refractivity contribution is -0.274. The summed E-state index contributed by atoms with van der Waals surface area (Å²) >= 11 is 3.43. The zero-order chi connectivity index (χ0) is 19.0. The van der Waals surface area contributed by atoms with E-state index in [1.807, 2.05) is 12.1 Å². The zero-order valence-corrected chi connectivity index (χ0v) is 16.0. The van der Waals surface area contributed by atoms with Gasteiger partial charge in [-0.05, 0) is 54.7 Å². The van der Waals surface area contributed by atoms with Gasteiger partial charge in [0, 0.05) is 39.7 Å². The van der Waals surface area contributed by atoms with E-state index in [4.69, 9.17) is 0 Å². The van der Waals surface area contributed by atoms with Crippen LogP contribution in [0.15, 0.2) is 46.9 Å². The lowest BCUT2D eigenvalue weighted by Crippen LogP contribution is -2.24. The van der Waals surface area contributed by atoms with Crippen molar-refractivity contribution in [3.63, 3.8) is 0 Å². The second kappa shape index (κ2) is 7.20. The third-order valence-corrected chi connectivity index (χ3v) is 5.41. The van der Waals surface area contributed by atoms with Crippen LogP contribution in [-0.2, 0) is 13.0 Å². The summed E-state index contributed by atoms with van der Waals surface area (Å²) < 4.78 is 42.5. The van der Waals surface area contributed by atoms with Crippen LogP contribution in [0, 0.1) is 0 Å². The van der Waals surface area contributed by atoms with Gasteiger partial charge in [0.05, 0.1) is 0 Å². The number of hydrogen-bond donors (Lipinski definition) is 2. The highest BCUT2D eigenvalue weighted by molar-refractivity contribution is 9.10. The van der Waals surface area contributed by atoms with Crippen LogP contribution in [0.3, 0.4) is 0 Å². The maximum absolute atomic E-state index is 12.5. The molecule has 1 aliphatic rings. The molecule has 3 aromatic rings. The van der Waals surface area contributed by atoms with E-state index in [0.717, 1.165) is 41.4 Å². The number of aromatic amines is 1. The number of benzene rings is 2. The summed E-state index contributed by atoms with van der Waals surface area (Å²) in [4.78, 5) is 3.32. The van der Waals surface area contributed by atoms with Gasteiger partial charge < -0.3 is 15.0 Å². The molecule has 1 aromatic heterocycles. The van der Waals surface area contributed by atoms with Crippen molar-refractivity contribution in [3.8, 4) is 5.75 Å². The predicted octanol–water partition coefficient (Wildman–Crippen LogP) is 6.00. The van der Waals surface area contributed by atoms with Gasteiger partial charge >= 0.3 is 6.36 Å². The van der Waals surface area contributed by atoms with Crippen molar-refractivity contribution in [1.29, 1.82) is 0 Å². The molecule has 4 rings (SSSR count). The number of fused-ring (bicyclic) bond motifs is 3. The van der Waals surface area contributed by atoms with Gasteiger partial charge in [0.2, 0.25) is 0 Å². The van der Waals surface area contributed by atoms with E-state index in [0.29, 0.717) is 5.52 Å². The van der Waals surface area contributed by atoms with Crippen molar-refractivity contribution in [2.24, 2.45) is 0 Å². The molecule has 0 fully saturated rings. The summed E-state index contributed by atoms with van der Waals surface area (Å²) in [6, 6.07) is 12.8. The average Bonchev–Trinajstić information content (AvgIpc) is 2.98. The topological polar surface area (TPSA) is 37.0 Å². The molecule has 0 spiro atoms. The molecule has 3 nitrogen and oxygen atoms in total. The first kappa shape index (κ1) is 18.4. The highest BCUT2D eigenvalue weighted by atomic mass is 79.9. The summed E-state index contributed by atoms with van der Waals surface area (Å²) in [7, 11) is 0. The van der Waals surface area contributed by atoms with Gasteiger partial charge in [-0.2, -0.15) is 0 Å². The van der Waals surface area contributed by atoms with Crippen LogP contribution in [0.2, 0.25) is 0 Å². The third kappa shape index (κ3) is 4.14. The van der Waals surface area contributed by atoms with Gasteiger partial charge in [-0.3, -0.25) is 0 Å². The molecule has 0 aliphatic heterocycles. The monoisotopic (exact) mass is 438 g/mol. The van der Waals surface area contributed by atoms with E-state index in [2.05, 4.69) is 43.1 Å². The van der Waals surface area contributed by atoms with Crippen LogP contribution in [0.1, 0.15) is 35.7 Å². The summed E-state index contributed by atoms with van der Waals surface area (Å²) in [5, 5.41) is 4.54. The largest absolute Gasteiger partial charge is 0.573 e. The standard InChI is InChI=1S/C20H18BrF3N2O/c21-13-6-4-12(5-7-13)11-25-17-3-1-2-16-15-9-8-14(27-20(22,23)24)10-18(15)26-19(16)17/h4-10,17,25-26H,1-3,11H2. The van der Waals surface area contributed by atoms with Crippen molar-refractivity contribution >= 4 is 26.8 Å². The molecule has 1 heterocycles. The van der Waals surface area contributed by atoms with Gasteiger partial charge in [-0.25, -0.2) is 0 Å². The fraction of sp³-hybridized carbons (Fsp3) is 0.300. The van der Waals surface area contributed by atoms with Crippen molar-refractivity contribution in [2.75, 3.05) is 0 Å². The third-order valence-electron chi connectivity index (χ3n) is 4.88. The molecule has 2 N–H and O–H groups in total. The summed E-state index contributed by atoms with van der Waals surface area (Å²) in [5.74, 6) is -0.201. The fourth-order valence-electron chi connectivity index (χ4n) is 3.69. The Morgan fingerprint density at radius 1 is 1.15 bits per heavy atom. The molecule has 0 saturated carbocycles. The number of rotatable bonds is 4. The van der Waals surface area contributed by atoms with Gasteiger partial charge in [0.25, 0.3) is 0 Å². The Hall–Kier alpha value is -1.99. The van der Waals surface area contributed by atoms with Crippen LogP contribution in [0.4, 0.5) is 13.2 Å². The Bertz CT molecular complexity index is 950. The minimum atomic E-state index is -4.69. The molecule has 2 aromatic carbocycles. The van der Waals surface area contributed by atoms with Crippen LogP contribution in [0.5, 0.6) is 5.75 Å². The molecule has 1 atom stereocenters. The van der Waals surface area contributed by atoms with Gasteiger partial charge in [0.1, 0.15) is 5.75 Å². The molecule has 7 heteroatoms. The van der Waals surface area contributed by atoms with E-state index in [1.54, 1.807) is 6.07 Å². The quantitative estimate of drug-likeness (QED) is 0.524. The molecule has 0 saturated heterocycles. The fourth-order valence-corrected chi connectivity index (χ4v) is 3.96. The summed E-state index contributed by atoms with van der Waals surface area (Å²) in [6.45, 7) is 0.731. The van der Waals surface area contributed by atoms with Crippen LogP contribution < -0.4 is 10.1 Å². The summed E-state index contributed by atoms with van der Waals surface area (Å²) in [5.41, 5.74) is 4.11. The number of nitrogens with one attached hydrogen (secondary N) is 2. The van der Waals surface area contributed by atoms with E-state index in [1.165, 1.54) is 23.3 Å².